The van der Waals surface area contributed by atoms with Crippen LogP contribution in [0.3, 0.4) is 0 Å². The Morgan fingerprint density at radius 2 is 2.03 bits per heavy atom. The highest BCUT2D eigenvalue weighted by Gasteiger charge is 2.34. The predicted octanol–water partition coefficient (Wildman–Crippen LogP) is 3.66. The standard InChI is InChI=1S/C25H28N6O2S2/c1-13-19(8-15(10-26)12-27-13)30-25(34)29-17-6-7-20-18(9-17)21(23(33)28-11-14-2-3-14)24(35-20)31-22(32)16-4-5-16/h8,12,14,16-17H,2-7,9,11H2,1H3,(H,28,33)(H,31,32)(H2,29,30,34)/t17-/m0/s1. The van der Waals surface area contributed by atoms with E-state index in [0.717, 1.165) is 54.7 Å². The van der Waals surface area contributed by atoms with Crippen molar-refractivity contribution in [1.29, 1.82) is 5.26 Å². The number of carbonyl (C=O) groups excluding carboxylic acids is 2. The Morgan fingerprint density at radius 1 is 1.23 bits per heavy atom. The van der Waals surface area contributed by atoms with Gasteiger partial charge in [-0.15, -0.1) is 11.3 Å². The summed E-state index contributed by atoms with van der Waals surface area (Å²) in [4.78, 5) is 31.1. The lowest BCUT2D eigenvalue weighted by molar-refractivity contribution is -0.117. The van der Waals surface area contributed by atoms with E-state index in [9.17, 15) is 9.59 Å². The largest absolute Gasteiger partial charge is 0.359 e. The number of hydrogen-bond acceptors (Lipinski definition) is 6. The molecule has 2 fully saturated rings. The molecule has 10 heteroatoms. The van der Waals surface area contributed by atoms with Gasteiger partial charge in [-0.2, -0.15) is 5.26 Å². The van der Waals surface area contributed by atoms with Crippen LogP contribution in [0.5, 0.6) is 0 Å². The Kier molecular flexibility index (Phi) is 6.71. The normalized spacial score (nSPS) is 18.7. The van der Waals surface area contributed by atoms with Crippen LogP contribution in [0, 0.1) is 30.1 Å². The Morgan fingerprint density at radius 3 is 2.74 bits per heavy atom. The van der Waals surface area contributed by atoms with Gasteiger partial charge in [0.2, 0.25) is 5.91 Å². The molecule has 35 heavy (non-hydrogen) atoms. The summed E-state index contributed by atoms with van der Waals surface area (Å²) < 4.78 is 0. The second kappa shape index (κ2) is 9.91. The number of aryl methyl sites for hydroxylation is 2. The van der Waals surface area contributed by atoms with E-state index in [4.69, 9.17) is 17.5 Å². The fourth-order valence-corrected chi connectivity index (χ4v) is 5.83. The average molecular weight is 509 g/mol. The van der Waals surface area contributed by atoms with Crippen LogP contribution in [0.4, 0.5) is 10.7 Å². The molecular weight excluding hydrogens is 480 g/mol. The Balaban J connectivity index is 1.30. The molecular formula is C25H28N6O2S2. The highest BCUT2D eigenvalue weighted by Crippen LogP contribution is 2.40. The minimum Gasteiger partial charge on any atom is -0.359 e. The van der Waals surface area contributed by atoms with Gasteiger partial charge >= 0.3 is 0 Å². The van der Waals surface area contributed by atoms with E-state index in [1.54, 1.807) is 6.07 Å². The van der Waals surface area contributed by atoms with Crippen molar-refractivity contribution in [2.24, 2.45) is 11.8 Å². The number of rotatable bonds is 7. The monoisotopic (exact) mass is 508 g/mol. The Labute approximate surface area is 213 Å². The van der Waals surface area contributed by atoms with E-state index in [1.165, 1.54) is 17.5 Å². The quantitative estimate of drug-likeness (QED) is 0.422. The van der Waals surface area contributed by atoms with Crippen LogP contribution in [0.15, 0.2) is 12.3 Å². The predicted molar refractivity (Wildman–Crippen MR) is 140 cm³/mol. The van der Waals surface area contributed by atoms with Gasteiger partial charge in [0.1, 0.15) is 11.1 Å². The van der Waals surface area contributed by atoms with Crippen LogP contribution in [0.2, 0.25) is 0 Å². The number of nitriles is 1. The second-order valence-electron chi connectivity index (χ2n) is 9.63. The van der Waals surface area contributed by atoms with Crippen molar-refractivity contribution in [3.63, 3.8) is 0 Å². The van der Waals surface area contributed by atoms with Crippen molar-refractivity contribution in [2.45, 2.75) is 57.9 Å². The molecule has 2 aromatic heterocycles. The number of anilines is 2. The van der Waals surface area contributed by atoms with Gasteiger partial charge in [0, 0.05) is 29.6 Å². The van der Waals surface area contributed by atoms with Crippen LogP contribution >= 0.6 is 23.6 Å². The third-order valence-corrected chi connectivity index (χ3v) is 8.15. The number of carbonyl (C=O) groups is 2. The molecule has 5 rings (SSSR count). The molecule has 2 aromatic rings. The zero-order valence-electron chi connectivity index (χ0n) is 19.6. The van der Waals surface area contributed by atoms with Gasteiger partial charge in [-0.05, 0) is 81.6 Å². The molecule has 0 bridgehead atoms. The number of nitrogens with one attached hydrogen (secondary N) is 4. The maximum absolute atomic E-state index is 13.2. The third kappa shape index (κ3) is 5.63. The lowest BCUT2D eigenvalue weighted by atomic mass is 9.91. The number of nitrogens with zero attached hydrogens (tertiary/aromatic N) is 2. The molecule has 4 N–H and O–H groups in total. The highest BCUT2D eigenvalue weighted by atomic mass is 32.1. The lowest BCUT2D eigenvalue weighted by Crippen LogP contribution is -2.41. The molecule has 0 aliphatic heterocycles. The van der Waals surface area contributed by atoms with E-state index in [2.05, 4.69) is 32.3 Å². The first-order valence-electron chi connectivity index (χ1n) is 12.1. The number of fused-ring (bicyclic) bond motifs is 1. The van der Waals surface area contributed by atoms with Gasteiger partial charge in [-0.3, -0.25) is 14.6 Å². The van der Waals surface area contributed by atoms with Gasteiger partial charge in [0.05, 0.1) is 22.5 Å². The van der Waals surface area contributed by atoms with Gasteiger partial charge in [0.15, 0.2) is 5.11 Å². The molecule has 3 aliphatic carbocycles. The molecule has 0 radical (unpaired) electrons. The van der Waals surface area contributed by atoms with E-state index in [1.807, 2.05) is 6.92 Å². The number of aromatic nitrogens is 1. The number of thiocarbonyl (C=S) groups is 1. The Bertz CT molecular complexity index is 1230. The van der Waals surface area contributed by atoms with Crippen LogP contribution < -0.4 is 21.3 Å². The number of pyridine rings is 1. The molecule has 0 saturated heterocycles. The maximum atomic E-state index is 13.2. The maximum Gasteiger partial charge on any atom is 0.254 e. The number of thiophene rings is 1. The molecule has 0 aromatic carbocycles. The zero-order chi connectivity index (χ0) is 24.5. The second-order valence-corrected chi connectivity index (χ2v) is 11.1. The van der Waals surface area contributed by atoms with Gasteiger partial charge in [-0.1, -0.05) is 0 Å². The lowest BCUT2D eigenvalue weighted by Gasteiger charge is -2.25. The summed E-state index contributed by atoms with van der Waals surface area (Å²) in [6, 6.07) is 3.87. The van der Waals surface area contributed by atoms with Crippen molar-refractivity contribution < 1.29 is 9.59 Å². The minimum absolute atomic E-state index is 0.0171. The fourth-order valence-electron chi connectivity index (χ4n) is 4.31. The SMILES string of the molecule is Cc1ncc(C#N)cc1NC(=S)N[C@H]1CCc2sc(NC(=O)C3CC3)c(C(=O)NCC3CC3)c2C1. The van der Waals surface area contributed by atoms with Crippen LogP contribution in [-0.4, -0.2) is 34.5 Å². The molecule has 3 aliphatic rings. The summed E-state index contributed by atoms with van der Waals surface area (Å²) in [5, 5.41) is 22.9. The number of amides is 2. The first-order valence-corrected chi connectivity index (χ1v) is 13.3. The van der Waals surface area contributed by atoms with Crippen LogP contribution in [0.1, 0.15) is 64.2 Å². The fraction of sp³-hybridized carbons (Fsp3) is 0.480. The zero-order valence-corrected chi connectivity index (χ0v) is 21.2. The van der Waals surface area contributed by atoms with Gasteiger partial charge < -0.3 is 21.3 Å². The van der Waals surface area contributed by atoms with Crippen molar-refractivity contribution in [3.8, 4) is 6.07 Å². The molecule has 2 heterocycles. The first kappa shape index (κ1) is 23.7. The van der Waals surface area contributed by atoms with E-state index in [0.29, 0.717) is 45.8 Å². The highest BCUT2D eigenvalue weighted by molar-refractivity contribution is 7.80. The molecule has 0 spiro atoms. The summed E-state index contributed by atoms with van der Waals surface area (Å²) in [6.07, 6.45) is 8.02. The smallest absolute Gasteiger partial charge is 0.254 e. The van der Waals surface area contributed by atoms with E-state index in [-0.39, 0.29) is 23.8 Å². The first-order chi connectivity index (χ1) is 16.9. The summed E-state index contributed by atoms with van der Waals surface area (Å²) in [5.74, 6) is 0.570. The van der Waals surface area contributed by atoms with Gasteiger partial charge in [-0.25, -0.2) is 0 Å². The summed E-state index contributed by atoms with van der Waals surface area (Å²) >= 11 is 7.08. The average Bonchev–Trinajstić information content (AvgIpc) is 3.75. The van der Waals surface area contributed by atoms with Crippen molar-refractivity contribution in [1.82, 2.24) is 15.6 Å². The minimum atomic E-state index is -0.100. The van der Waals surface area contributed by atoms with Crippen molar-refractivity contribution in [2.75, 3.05) is 17.2 Å². The summed E-state index contributed by atoms with van der Waals surface area (Å²) in [5.41, 5.74) is 3.53. The van der Waals surface area contributed by atoms with E-state index >= 15 is 0 Å². The van der Waals surface area contributed by atoms with Crippen molar-refractivity contribution >= 4 is 51.2 Å². The summed E-state index contributed by atoms with van der Waals surface area (Å²) in [7, 11) is 0. The molecule has 182 valence electrons. The Hall–Kier alpha value is -3.03. The molecule has 2 saturated carbocycles. The molecule has 8 nitrogen and oxygen atoms in total. The molecule has 2 amide bonds. The summed E-state index contributed by atoms with van der Waals surface area (Å²) in [6.45, 7) is 2.54. The third-order valence-electron chi connectivity index (χ3n) is 6.72. The van der Waals surface area contributed by atoms with Crippen LogP contribution in [-0.2, 0) is 17.6 Å². The molecule has 1 atom stereocenters. The topological polar surface area (TPSA) is 119 Å². The van der Waals surface area contributed by atoms with Gasteiger partial charge in [0.25, 0.3) is 5.91 Å². The van der Waals surface area contributed by atoms with Crippen molar-refractivity contribution in [3.05, 3.63) is 39.5 Å². The molecule has 0 unspecified atom stereocenters. The van der Waals surface area contributed by atoms with Crippen LogP contribution in [0.25, 0.3) is 0 Å². The van der Waals surface area contributed by atoms with E-state index < -0.39 is 0 Å². The number of hydrogen-bond donors (Lipinski definition) is 4.